The summed E-state index contributed by atoms with van der Waals surface area (Å²) in [5, 5.41) is 6.00. The summed E-state index contributed by atoms with van der Waals surface area (Å²) in [4.78, 5) is 24.3. The van der Waals surface area contributed by atoms with Gasteiger partial charge in [0.25, 0.3) is 0 Å². The molecule has 4 rings (SSSR count). The van der Waals surface area contributed by atoms with Gasteiger partial charge in [0.1, 0.15) is 11.9 Å². The molecule has 146 valence electrons. The van der Waals surface area contributed by atoms with Gasteiger partial charge in [0.05, 0.1) is 12.2 Å². The number of piperazine rings is 1. The van der Waals surface area contributed by atoms with E-state index < -0.39 is 12.0 Å². The fourth-order valence-electron chi connectivity index (χ4n) is 3.41. The second-order valence-corrected chi connectivity index (χ2v) is 8.02. The Kier molecular flexibility index (Phi) is 5.56. The van der Waals surface area contributed by atoms with Crippen LogP contribution in [0.15, 0.2) is 50.5 Å². The molecule has 3 heterocycles. The highest BCUT2D eigenvalue weighted by molar-refractivity contribution is 9.10. The summed E-state index contributed by atoms with van der Waals surface area (Å²) in [6.07, 6.45) is 1.73. The van der Waals surface area contributed by atoms with Gasteiger partial charge in [-0.3, -0.25) is 4.99 Å². The molecule has 0 amide bonds. The Labute approximate surface area is 174 Å². The number of ether oxygens (including phenoxy) is 1. The maximum atomic E-state index is 13.7. The molecular weight excluding hydrogens is 447 g/mol. The van der Waals surface area contributed by atoms with Crippen LogP contribution < -0.4 is 5.32 Å². The standard InChI is InChI=1S/C19H18BrFN4O2S/c1-2-27-19(26)15-14-10-22-5-7-25(14)17(18-23-6-8-28-18)24-16(15)12-4-3-11(21)9-13(12)20/h3-4,6,8-9,16,22H,2,5,7,10H2,1H3. The van der Waals surface area contributed by atoms with Crippen molar-refractivity contribution in [1.82, 2.24) is 15.2 Å². The quantitative estimate of drug-likeness (QED) is 0.703. The van der Waals surface area contributed by atoms with Crippen LogP contribution in [0.5, 0.6) is 0 Å². The highest BCUT2D eigenvalue weighted by Crippen LogP contribution is 2.39. The number of carbonyl (C=O) groups is 1. The van der Waals surface area contributed by atoms with Crippen molar-refractivity contribution in [2.75, 3.05) is 26.2 Å². The summed E-state index contributed by atoms with van der Waals surface area (Å²) in [5.41, 5.74) is 2.00. The van der Waals surface area contributed by atoms with Crippen LogP contribution in [0.25, 0.3) is 0 Å². The Morgan fingerprint density at radius 3 is 3.07 bits per heavy atom. The van der Waals surface area contributed by atoms with Crippen molar-refractivity contribution in [2.45, 2.75) is 13.0 Å². The van der Waals surface area contributed by atoms with E-state index in [4.69, 9.17) is 9.73 Å². The number of nitrogens with zero attached hydrogens (tertiary/aromatic N) is 3. The topological polar surface area (TPSA) is 66.8 Å². The highest BCUT2D eigenvalue weighted by atomic mass is 79.9. The number of amidine groups is 1. The summed E-state index contributed by atoms with van der Waals surface area (Å²) in [6, 6.07) is 3.79. The number of fused-ring (bicyclic) bond motifs is 1. The first-order valence-electron chi connectivity index (χ1n) is 8.91. The highest BCUT2D eigenvalue weighted by Gasteiger charge is 2.38. The maximum Gasteiger partial charge on any atom is 0.338 e. The molecule has 0 saturated carbocycles. The number of esters is 1. The molecule has 6 nitrogen and oxygen atoms in total. The van der Waals surface area contributed by atoms with E-state index in [0.29, 0.717) is 28.7 Å². The summed E-state index contributed by atoms with van der Waals surface area (Å²) in [7, 11) is 0. The fourth-order valence-corrected chi connectivity index (χ4v) is 4.62. The molecule has 0 aliphatic carbocycles. The van der Waals surface area contributed by atoms with Gasteiger partial charge in [-0.15, -0.1) is 11.3 Å². The van der Waals surface area contributed by atoms with Crippen LogP contribution in [0.1, 0.15) is 23.5 Å². The molecule has 2 aliphatic rings. The zero-order valence-electron chi connectivity index (χ0n) is 15.1. The molecule has 1 atom stereocenters. The van der Waals surface area contributed by atoms with Crippen molar-refractivity contribution in [2.24, 2.45) is 4.99 Å². The Bertz CT molecular complexity index is 961. The molecule has 1 aromatic carbocycles. The predicted octanol–water partition coefficient (Wildman–Crippen LogP) is 3.27. The molecule has 1 fully saturated rings. The van der Waals surface area contributed by atoms with Crippen molar-refractivity contribution < 1.29 is 13.9 Å². The Morgan fingerprint density at radius 2 is 2.36 bits per heavy atom. The van der Waals surface area contributed by atoms with Crippen LogP contribution in [0, 0.1) is 5.82 Å². The van der Waals surface area contributed by atoms with E-state index in [1.165, 1.54) is 23.5 Å². The monoisotopic (exact) mass is 464 g/mol. The summed E-state index contributed by atoms with van der Waals surface area (Å²) < 4.78 is 19.6. The van der Waals surface area contributed by atoms with Crippen molar-refractivity contribution in [3.8, 4) is 0 Å². The van der Waals surface area contributed by atoms with Gasteiger partial charge < -0.3 is 15.0 Å². The molecule has 1 saturated heterocycles. The number of thiazole rings is 1. The molecule has 0 radical (unpaired) electrons. The minimum atomic E-state index is -0.612. The number of benzene rings is 1. The van der Waals surface area contributed by atoms with E-state index >= 15 is 0 Å². The van der Waals surface area contributed by atoms with Gasteiger partial charge in [-0.25, -0.2) is 14.2 Å². The molecule has 1 aromatic heterocycles. The molecule has 2 aliphatic heterocycles. The second-order valence-electron chi connectivity index (χ2n) is 6.27. The van der Waals surface area contributed by atoms with Gasteiger partial charge in [0, 0.05) is 41.4 Å². The summed E-state index contributed by atoms with van der Waals surface area (Å²) in [6.45, 7) is 4.01. The number of hydrogen-bond acceptors (Lipinski definition) is 7. The third kappa shape index (κ3) is 3.49. The minimum absolute atomic E-state index is 0.267. The molecule has 1 unspecified atom stereocenters. The number of carbonyl (C=O) groups excluding carboxylic acids is 1. The lowest BCUT2D eigenvalue weighted by Crippen LogP contribution is -2.48. The first-order chi connectivity index (χ1) is 13.6. The third-order valence-electron chi connectivity index (χ3n) is 4.60. The molecule has 1 N–H and O–H groups in total. The summed E-state index contributed by atoms with van der Waals surface area (Å²) in [5.74, 6) is -0.0444. The third-order valence-corrected chi connectivity index (χ3v) is 6.05. The predicted molar refractivity (Wildman–Crippen MR) is 109 cm³/mol. The first-order valence-corrected chi connectivity index (χ1v) is 10.6. The van der Waals surface area contributed by atoms with E-state index in [0.717, 1.165) is 23.1 Å². The van der Waals surface area contributed by atoms with Gasteiger partial charge >= 0.3 is 5.97 Å². The lowest BCUT2D eigenvalue weighted by molar-refractivity contribution is -0.139. The van der Waals surface area contributed by atoms with Gasteiger partial charge in [-0.2, -0.15) is 0 Å². The maximum absolute atomic E-state index is 13.7. The number of halogens is 2. The first kappa shape index (κ1) is 19.2. The minimum Gasteiger partial charge on any atom is -0.463 e. The van der Waals surface area contributed by atoms with E-state index in [9.17, 15) is 9.18 Å². The molecule has 28 heavy (non-hydrogen) atoms. The van der Waals surface area contributed by atoms with Crippen LogP contribution in [0.3, 0.4) is 0 Å². The van der Waals surface area contributed by atoms with E-state index in [2.05, 4.69) is 26.2 Å². The van der Waals surface area contributed by atoms with Crippen LogP contribution in [0.4, 0.5) is 4.39 Å². The lowest BCUT2D eigenvalue weighted by atomic mass is 9.94. The average molecular weight is 465 g/mol. The number of rotatable bonds is 4. The number of aliphatic imine (C=N–C) groups is 1. The molecular formula is C19H18BrFN4O2S. The Morgan fingerprint density at radius 1 is 1.50 bits per heavy atom. The van der Waals surface area contributed by atoms with Crippen molar-refractivity contribution in [3.05, 3.63) is 61.9 Å². The van der Waals surface area contributed by atoms with Crippen LogP contribution in [-0.4, -0.2) is 47.9 Å². The Balaban J connectivity index is 1.90. The second kappa shape index (κ2) is 8.10. The molecule has 2 aromatic rings. The SMILES string of the molecule is CCOC(=O)C1=C2CNCCN2C(c2nccs2)=NC1c1ccc(F)cc1Br. The zero-order valence-corrected chi connectivity index (χ0v) is 17.5. The van der Waals surface area contributed by atoms with E-state index in [1.807, 2.05) is 10.3 Å². The van der Waals surface area contributed by atoms with Crippen molar-refractivity contribution >= 4 is 39.1 Å². The van der Waals surface area contributed by atoms with Crippen LogP contribution >= 0.6 is 27.3 Å². The molecule has 0 bridgehead atoms. The van der Waals surface area contributed by atoms with Gasteiger partial charge in [-0.1, -0.05) is 22.0 Å². The zero-order chi connectivity index (χ0) is 19.7. The van der Waals surface area contributed by atoms with E-state index in [1.54, 1.807) is 19.2 Å². The van der Waals surface area contributed by atoms with Crippen molar-refractivity contribution in [3.63, 3.8) is 0 Å². The number of hydrogen-bond donors (Lipinski definition) is 1. The van der Waals surface area contributed by atoms with Gasteiger partial charge in [0.2, 0.25) is 0 Å². The normalized spacial score (nSPS) is 19.3. The van der Waals surface area contributed by atoms with Crippen LogP contribution in [-0.2, 0) is 9.53 Å². The smallest absolute Gasteiger partial charge is 0.338 e. The largest absolute Gasteiger partial charge is 0.463 e. The summed E-state index contributed by atoms with van der Waals surface area (Å²) >= 11 is 4.92. The fraction of sp³-hybridized carbons (Fsp3) is 0.316. The molecule has 0 spiro atoms. The van der Waals surface area contributed by atoms with Crippen molar-refractivity contribution in [1.29, 1.82) is 0 Å². The average Bonchev–Trinajstić information content (AvgIpc) is 3.21. The Hall–Kier alpha value is -2.10. The number of aromatic nitrogens is 1. The van der Waals surface area contributed by atoms with Gasteiger partial charge in [0.15, 0.2) is 10.8 Å². The van der Waals surface area contributed by atoms with E-state index in [-0.39, 0.29) is 12.4 Å². The number of nitrogens with one attached hydrogen (secondary N) is 1. The van der Waals surface area contributed by atoms with Crippen LogP contribution in [0.2, 0.25) is 0 Å². The lowest BCUT2D eigenvalue weighted by Gasteiger charge is -2.38. The molecule has 9 heteroatoms. The van der Waals surface area contributed by atoms with Gasteiger partial charge in [-0.05, 0) is 24.6 Å².